The lowest BCUT2D eigenvalue weighted by Crippen LogP contribution is -3.00. The van der Waals surface area contributed by atoms with Crippen LogP contribution in [0.2, 0.25) is 0 Å². The number of carbonyl (C=O) groups excluding carboxylic acids is 1. The molecule has 158 valence electrons. The number of pyridine rings is 1. The minimum atomic E-state index is -0.471. The third kappa shape index (κ3) is 8.10. The van der Waals surface area contributed by atoms with Gasteiger partial charge in [0.05, 0.1) is 18.4 Å². The number of aromatic nitrogens is 5. The molecule has 0 fully saturated rings. The van der Waals surface area contributed by atoms with Crippen molar-refractivity contribution in [2.75, 3.05) is 0 Å². The third-order valence-corrected chi connectivity index (χ3v) is 3.86. The molecule has 0 saturated heterocycles. The number of ether oxygens (including phenoxy) is 1. The molecule has 0 saturated carbocycles. The molecular weight excluding hydrogens is 502 g/mol. The van der Waals surface area contributed by atoms with Gasteiger partial charge in [-0.3, -0.25) is 0 Å². The van der Waals surface area contributed by atoms with Crippen molar-refractivity contribution in [2.45, 2.75) is 46.0 Å². The van der Waals surface area contributed by atoms with Crippen LogP contribution >= 0.6 is 0 Å². The van der Waals surface area contributed by atoms with Crippen LogP contribution < -0.4 is 43.1 Å². The van der Waals surface area contributed by atoms with Crippen molar-refractivity contribution in [1.82, 2.24) is 14.1 Å². The highest BCUT2D eigenvalue weighted by Crippen LogP contribution is 2.07. The Morgan fingerprint density at radius 2 is 1.76 bits per heavy atom. The average molecular weight is 529 g/mol. The predicted molar refractivity (Wildman–Crippen MR) is 98.5 cm³/mol. The van der Waals surface area contributed by atoms with E-state index in [2.05, 4.69) is 4.57 Å². The first-order chi connectivity index (χ1) is 12.8. The average Bonchev–Trinajstić information content (AvgIpc) is 3.15. The number of carbonyl (C=O) groups is 1. The Morgan fingerprint density at radius 3 is 2.41 bits per heavy atom. The third-order valence-electron chi connectivity index (χ3n) is 3.86. The van der Waals surface area contributed by atoms with E-state index in [1.807, 2.05) is 97.2 Å². The van der Waals surface area contributed by atoms with Gasteiger partial charge in [0.1, 0.15) is 43.5 Å². The zero-order valence-corrected chi connectivity index (χ0v) is 20.3. The maximum Gasteiger partial charge on any atom is 0.349 e. The second-order valence-electron chi connectivity index (χ2n) is 7.72. The summed E-state index contributed by atoms with van der Waals surface area (Å²) in [4.78, 5) is 16.7. The number of imidazole rings is 2. The summed E-state index contributed by atoms with van der Waals surface area (Å²) in [5.74, 6) is -0.245. The molecule has 3 heterocycles. The van der Waals surface area contributed by atoms with E-state index in [0.29, 0.717) is 6.54 Å². The highest BCUT2D eigenvalue weighted by molar-refractivity contribution is 5.69. The van der Waals surface area contributed by atoms with Crippen LogP contribution in [-0.4, -0.2) is 25.7 Å². The van der Waals surface area contributed by atoms with Crippen LogP contribution in [0.25, 0.3) is 0 Å². The first-order valence-corrected chi connectivity index (χ1v) is 8.99. The SMILES string of the molecule is C[n+]1ccn(Cc2cccc(C[n+]3ccn(CC(=O)OC(C)(C)C)c3)n2)c1.[Br-].[Br-]. The van der Waals surface area contributed by atoms with E-state index in [1.165, 1.54) is 0 Å². The molecule has 0 bridgehead atoms. The molecule has 0 amide bonds. The van der Waals surface area contributed by atoms with Gasteiger partial charge in [-0.15, -0.1) is 0 Å². The lowest BCUT2D eigenvalue weighted by Gasteiger charge is -2.18. The van der Waals surface area contributed by atoms with Crippen molar-refractivity contribution >= 4 is 5.97 Å². The maximum absolute atomic E-state index is 11.9. The van der Waals surface area contributed by atoms with E-state index >= 15 is 0 Å². The topological polar surface area (TPSA) is 56.8 Å². The van der Waals surface area contributed by atoms with Crippen molar-refractivity contribution in [2.24, 2.45) is 7.05 Å². The van der Waals surface area contributed by atoms with E-state index in [4.69, 9.17) is 9.72 Å². The number of hydrogen-bond donors (Lipinski definition) is 0. The first kappa shape index (κ1) is 25.0. The molecular formula is C20H27Br2N5O2. The quantitative estimate of drug-likeness (QED) is 0.238. The summed E-state index contributed by atoms with van der Waals surface area (Å²) in [7, 11) is 2.00. The number of hydrogen-bond acceptors (Lipinski definition) is 3. The molecule has 0 radical (unpaired) electrons. The van der Waals surface area contributed by atoms with E-state index in [9.17, 15) is 4.79 Å². The summed E-state index contributed by atoms with van der Waals surface area (Å²) < 4.78 is 13.3. The zero-order chi connectivity index (χ0) is 19.4. The molecule has 3 aromatic heterocycles. The molecule has 0 aromatic carbocycles. The number of nitrogens with zero attached hydrogens (tertiary/aromatic N) is 5. The Balaban J connectivity index is 0.00000210. The summed E-state index contributed by atoms with van der Waals surface area (Å²) in [6.07, 6.45) is 11.8. The lowest BCUT2D eigenvalue weighted by molar-refractivity contribution is -0.688. The summed E-state index contributed by atoms with van der Waals surface area (Å²) in [6, 6.07) is 6.07. The fourth-order valence-corrected chi connectivity index (χ4v) is 2.82. The van der Waals surface area contributed by atoms with Gasteiger partial charge in [0.2, 0.25) is 12.7 Å². The van der Waals surface area contributed by atoms with Gasteiger partial charge in [0, 0.05) is 0 Å². The Kier molecular flexibility index (Phi) is 9.22. The minimum absolute atomic E-state index is 0. The Morgan fingerprint density at radius 1 is 1.07 bits per heavy atom. The molecule has 9 heteroatoms. The van der Waals surface area contributed by atoms with Crippen molar-refractivity contribution < 1.29 is 52.6 Å². The van der Waals surface area contributed by atoms with Gasteiger partial charge in [-0.2, -0.15) is 0 Å². The van der Waals surface area contributed by atoms with Crippen LogP contribution in [0.15, 0.2) is 55.6 Å². The maximum atomic E-state index is 11.9. The summed E-state index contributed by atoms with van der Waals surface area (Å²) in [5, 5.41) is 0. The molecule has 29 heavy (non-hydrogen) atoms. The Labute approximate surface area is 192 Å². The molecule has 0 spiro atoms. The van der Waals surface area contributed by atoms with Crippen LogP contribution in [0.1, 0.15) is 32.2 Å². The molecule has 0 unspecified atom stereocenters. The minimum Gasteiger partial charge on any atom is -1.00 e. The van der Waals surface area contributed by atoms with E-state index in [-0.39, 0.29) is 46.5 Å². The predicted octanol–water partition coefficient (Wildman–Crippen LogP) is -4.76. The van der Waals surface area contributed by atoms with E-state index in [0.717, 1.165) is 17.9 Å². The van der Waals surface area contributed by atoms with Crippen LogP contribution in [0.4, 0.5) is 0 Å². The second kappa shape index (κ2) is 10.7. The van der Waals surface area contributed by atoms with Crippen molar-refractivity contribution in [1.29, 1.82) is 0 Å². The van der Waals surface area contributed by atoms with Gasteiger partial charge in [0.15, 0.2) is 6.54 Å². The molecule has 7 nitrogen and oxygen atoms in total. The van der Waals surface area contributed by atoms with Gasteiger partial charge >= 0.3 is 5.97 Å². The molecule has 0 aliphatic rings. The zero-order valence-electron chi connectivity index (χ0n) is 17.1. The number of aryl methyl sites for hydroxylation is 1. The number of esters is 1. The smallest absolute Gasteiger partial charge is 0.349 e. The standard InChI is InChI=1S/C20H27N5O2.2BrH/c1-20(2,3)27-19(26)14-25-11-10-24(16-25)13-18-7-5-6-17(21-18)12-23-9-8-22(4)15-23;;/h5-11,15-16H,12-14H2,1-4H3;2*1H/q+2;;/p-2. The molecule has 3 aromatic rings. The van der Waals surface area contributed by atoms with Crippen LogP contribution in [0, 0.1) is 0 Å². The number of halogens is 2. The fraction of sp³-hybridized carbons (Fsp3) is 0.400. The van der Waals surface area contributed by atoms with Crippen LogP contribution in [0.5, 0.6) is 0 Å². The van der Waals surface area contributed by atoms with Gasteiger partial charge in [-0.1, -0.05) is 6.07 Å². The summed E-state index contributed by atoms with van der Waals surface area (Å²) in [5.41, 5.74) is 1.52. The molecule has 0 atom stereocenters. The van der Waals surface area contributed by atoms with Gasteiger partial charge in [-0.25, -0.2) is 28.0 Å². The molecule has 0 aliphatic carbocycles. The molecule has 0 aliphatic heterocycles. The van der Waals surface area contributed by atoms with Gasteiger partial charge in [0.25, 0.3) is 0 Å². The second-order valence-corrected chi connectivity index (χ2v) is 7.72. The Bertz CT molecular complexity index is 931. The normalized spacial score (nSPS) is 10.8. The van der Waals surface area contributed by atoms with Crippen molar-refractivity contribution in [3.8, 4) is 0 Å². The number of rotatable bonds is 6. The van der Waals surface area contributed by atoms with Crippen molar-refractivity contribution in [3.63, 3.8) is 0 Å². The summed E-state index contributed by atoms with van der Waals surface area (Å²) >= 11 is 0. The van der Waals surface area contributed by atoms with E-state index in [1.54, 1.807) is 0 Å². The van der Waals surface area contributed by atoms with Gasteiger partial charge in [-0.05, 0) is 32.9 Å². The van der Waals surface area contributed by atoms with Crippen LogP contribution in [0.3, 0.4) is 0 Å². The highest BCUT2D eigenvalue weighted by atomic mass is 79.9. The molecule has 3 rings (SSSR count). The first-order valence-electron chi connectivity index (χ1n) is 8.99. The van der Waals surface area contributed by atoms with Crippen LogP contribution in [-0.2, 0) is 36.2 Å². The van der Waals surface area contributed by atoms with E-state index < -0.39 is 5.60 Å². The monoisotopic (exact) mass is 527 g/mol. The van der Waals surface area contributed by atoms with Crippen molar-refractivity contribution in [3.05, 3.63) is 67.0 Å². The largest absolute Gasteiger partial charge is 1.00 e. The fourth-order valence-electron chi connectivity index (χ4n) is 2.82. The molecule has 0 N–H and O–H groups in total. The highest BCUT2D eigenvalue weighted by Gasteiger charge is 2.18. The Hall–Kier alpha value is -2.00. The van der Waals surface area contributed by atoms with Gasteiger partial charge < -0.3 is 38.7 Å². The summed E-state index contributed by atoms with van der Waals surface area (Å²) in [6.45, 7) is 7.18. The lowest BCUT2D eigenvalue weighted by atomic mass is 10.2.